The van der Waals surface area contributed by atoms with Crippen molar-refractivity contribution in [3.05, 3.63) is 30.1 Å². The van der Waals surface area contributed by atoms with Gasteiger partial charge in [-0.15, -0.1) is 0 Å². The number of hydrogen-bond acceptors (Lipinski definition) is 6. The maximum Gasteiger partial charge on any atom is 0.534 e. The predicted octanol–water partition coefficient (Wildman–Crippen LogP) is 3.62. The minimum Gasteiger partial charge on any atom is -0.381 e. The Kier molecular flexibility index (Phi) is 6.68. The molecule has 27 heavy (non-hydrogen) atoms. The smallest absolute Gasteiger partial charge is 0.381 e. The van der Waals surface area contributed by atoms with Crippen LogP contribution in [0.25, 0.3) is 0 Å². The van der Waals surface area contributed by atoms with Gasteiger partial charge in [0.15, 0.2) is 11.6 Å². The van der Waals surface area contributed by atoms with Crippen molar-refractivity contribution in [1.82, 2.24) is 4.98 Å². The molecular formula is C16H20F4N2O4S. The second kappa shape index (κ2) is 8.42. The summed E-state index contributed by atoms with van der Waals surface area (Å²) in [6.45, 7) is 3.26. The van der Waals surface area contributed by atoms with Gasteiger partial charge in [0.05, 0.1) is 0 Å². The quantitative estimate of drug-likeness (QED) is 0.319. The van der Waals surface area contributed by atoms with Gasteiger partial charge < -0.3 is 14.2 Å². The van der Waals surface area contributed by atoms with Crippen molar-refractivity contribution in [3.63, 3.8) is 0 Å². The van der Waals surface area contributed by atoms with Gasteiger partial charge in [-0.05, 0) is 37.7 Å². The van der Waals surface area contributed by atoms with Crippen LogP contribution < -0.4 is 9.50 Å². The lowest BCUT2D eigenvalue weighted by molar-refractivity contribution is -0.0501. The van der Waals surface area contributed by atoms with Crippen molar-refractivity contribution in [2.75, 3.05) is 25.1 Å². The van der Waals surface area contributed by atoms with Crippen LogP contribution in [0, 0.1) is 11.2 Å². The lowest BCUT2D eigenvalue weighted by Gasteiger charge is -2.36. The number of nitrogens with zero attached hydrogens (tertiary/aromatic N) is 1. The Morgan fingerprint density at radius 2 is 2.00 bits per heavy atom. The zero-order chi connectivity index (χ0) is 20.1. The van der Waals surface area contributed by atoms with Gasteiger partial charge in [0.1, 0.15) is 0 Å². The first-order valence-corrected chi connectivity index (χ1v) is 9.59. The number of hydrogen-bond donors (Lipinski definition) is 1. The van der Waals surface area contributed by atoms with E-state index in [0.29, 0.717) is 45.1 Å². The Bertz CT molecular complexity index is 775. The zero-order valence-corrected chi connectivity index (χ0v) is 15.4. The summed E-state index contributed by atoms with van der Waals surface area (Å²) in [7, 11) is -5.88. The fraction of sp³-hybridized carbons (Fsp3) is 0.562. The van der Waals surface area contributed by atoms with Crippen LogP contribution in [-0.4, -0.2) is 38.7 Å². The molecule has 0 bridgehead atoms. The van der Waals surface area contributed by atoms with E-state index in [0.717, 1.165) is 6.07 Å². The van der Waals surface area contributed by atoms with Crippen molar-refractivity contribution in [3.8, 4) is 5.88 Å². The topological polar surface area (TPSA) is 77.5 Å². The van der Waals surface area contributed by atoms with Gasteiger partial charge in [0, 0.05) is 25.8 Å². The van der Waals surface area contributed by atoms with Crippen LogP contribution in [0.15, 0.2) is 24.3 Å². The molecule has 1 fully saturated rings. The number of alkyl halides is 3. The van der Waals surface area contributed by atoms with Gasteiger partial charge in [-0.2, -0.15) is 26.6 Å². The molecule has 1 N–H and O–H groups in total. The van der Waals surface area contributed by atoms with Crippen molar-refractivity contribution >= 4 is 15.9 Å². The molecule has 1 aliphatic rings. The average Bonchev–Trinajstić information content (AvgIpc) is 2.60. The van der Waals surface area contributed by atoms with Crippen LogP contribution >= 0.6 is 0 Å². The first kappa shape index (κ1) is 21.4. The predicted molar refractivity (Wildman–Crippen MR) is 90.2 cm³/mol. The normalized spacial score (nSPS) is 17.8. The van der Waals surface area contributed by atoms with E-state index in [-0.39, 0.29) is 11.2 Å². The van der Waals surface area contributed by atoms with Crippen LogP contribution in [0.1, 0.15) is 26.2 Å². The Morgan fingerprint density at radius 3 is 2.59 bits per heavy atom. The minimum absolute atomic E-state index is 0.228. The highest BCUT2D eigenvalue weighted by atomic mass is 32.2. The summed E-state index contributed by atoms with van der Waals surface area (Å²) in [5.74, 6) is -2.08. The second-order valence-corrected chi connectivity index (χ2v) is 7.74. The maximum atomic E-state index is 14.0. The molecule has 0 spiro atoms. The number of ether oxygens (including phenoxy) is 1. The molecule has 6 nitrogen and oxygen atoms in total. The number of pyridine rings is 1. The number of halogens is 4. The molecule has 2 heterocycles. The third kappa shape index (κ3) is 5.55. The van der Waals surface area contributed by atoms with Crippen molar-refractivity contribution < 1.29 is 34.9 Å². The van der Waals surface area contributed by atoms with Crippen molar-refractivity contribution in [1.29, 1.82) is 0 Å². The third-order valence-corrected chi connectivity index (χ3v) is 5.23. The first-order valence-electron chi connectivity index (χ1n) is 8.19. The lowest BCUT2D eigenvalue weighted by atomic mass is 9.77. The second-order valence-electron chi connectivity index (χ2n) is 6.20. The average molecular weight is 412 g/mol. The molecule has 1 saturated heterocycles. The highest BCUT2D eigenvalue weighted by Gasteiger charge is 2.49. The minimum atomic E-state index is -5.88. The van der Waals surface area contributed by atoms with Crippen LogP contribution in [0.4, 0.5) is 23.4 Å². The van der Waals surface area contributed by atoms with Crippen LogP contribution in [0.3, 0.4) is 0 Å². The number of aromatic nitrogens is 1. The molecule has 152 valence electrons. The molecule has 2 rings (SSSR count). The van der Waals surface area contributed by atoms with Gasteiger partial charge >= 0.3 is 15.6 Å². The highest BCUT2D eigenvalue weighted by molar-refractivity contribution is 7.87. The molecule has 0 aromatic carbocycles. The molecule has 1 aromatic rings. The lowest BCUT2D eigenvalue weighted by Crippen LogP contribution is -2.36. The monoisotopic (exact) mass is 412 g/mol. The Balaban J connectivity index is 2.16. The third-order valence-electron chi connectivity index (χ3n) is 4.27. The molecular weight excluding hydrogens is 392 g/mol. The highest BCUT2D eigenvalue weighted by Crippen LogP contribution is 2.35. The summed E-state index contributed by atoms with van der Waals surface area (Å²) in [5.41, 5.74) is -5.83. The Hall–Kier alpha value is -1.88. The molecule has 11 heteroatoms. The van der Waals surface area contributed by atoms with E-state index in [1.807, 2.05) is 19.1 Å². The number of nitrogens with one attached hydrogen (secondary N) is 1. The molecule has 0 radical (unpaired) electrons. The van der Waals surface area contributed by atoms with E-state index < -0.39 is 27.3 Å². The van der Waals surface area contributed by atoms with E-state index in [2.05, 4.69) is 14.5 Å². The summed E-state index contributed by atoms with van der Waals surface area (Å²) < 4.78 is 82.6. The van der Waals surface area contributed by atoms with E-state index in [4.69, 9.17) is 4.74 Å². The Morgan fingerprint density at radius 1 is 1.33 bits per heavy atom. The Labute approximate surface area is 154 Å². The molecule has 0 amide bonds. The van der Waals surface area contributed by atoms with Gasteiger partial charge in [0.25, 0.3) is 0 Å². The van der Waals surface area contributed by atoms with E-state index in [1.165, 1.54) is 0 Å². The molecule has 0 unspecified atom stereocenters. The van der Waals surface area contributed by atoms with Crippen LogP contribution in [0.5, 0.6) is 5.88 Å². The first-order chi connectivity index (χ1) is 12.6. The van der Waals surface area contributed by atoms with Gasteiger partial charge in [-0.1, -0.05) is 12.2 Å². The largest absolute Gasteiger partial charge is 0.534 e. The summed E-state index contributed by atoms with van der Waals surface area (Å²) >= 11 is 0. The zero-order valence-electron chi connectivity index (χ0n) is 14.6. The molecule has 1 aliphatic heterocycles. The van der Waals surface area contributed by atoms with Crippen LogP contribution in [-0.2, 0) is 14.9 Å². The summed E-state index contributed by atoms with van der Waals surface area (Å²) in [6.07, 6.45) is 6.01. The summed E-state index contributed by atoms with van der Waals surface area (Å²) in [4.78, 5) is 3.53. The number of rotatable bonds is 7. The molecule has 0 aliphatic carbocycles. The van der Waals surface area contributed by atoms with Gasteiger partial charge in [0.2, 0.25) is 5.88 Å². The fourth-order valence-corrected chi connectivity index (χ4v) is 3.06. The molecule has 1 aromatic heterocycles. The van der Waals surface area contributed by atoms with E-state index >= 15 is 0 Å². The van der Waals surface area contributed by atoms with Crippen molar-refractivity contribution in [2.24, 2.45) is 5.41 Å². The number of allylic oxidation sites excluding steroid dienone is 2. The fourth-order valence-electron chi connectivity index (χ4n) is 2.65. The summed E-state index contributed by atoms with van der Waals surface area (Å²) in [6, 6.07) is 1.51. The van der Waals surface area contributed by atoms with Gasteiger partial charge in [-0.3, -0.25) is 0 Å². The number of anilines is 1. The van der Waals surface area contributed by atoms with E-state index in [9.17, 15) is 26.0 Å². The molecule has 0 saturated carbocycles. The standard InChI is InChI=1S/C16H20F4N2O4S/c1-2-3-6-15(7-9-25-10-8-15)11-21-14-12(17)4-5-13(22-14)26-27(23,24)16(18,19)20/h2-5H,6-11H2,1H3,(H,21,22). The van der Waals surface area contributed by atoms with Crippen molar-refractivity contribution in [2.45, 2.75) is 31.7 Å². The van der Waals surface area contributed by atoms with E-state index in [1.54, 1.807) is 0 Å². The maximum absolute atomic E-state index is 14.0. The van der Waals surface area contributed by atoms with Crippen LogP contribution in [0.2, 0.25) is 0 Å². The SMILES string of the molecule is CC=CCC1(CNc2nc(OS(=O)(=O)C(F)(F)F)ccc2F)CCOCC1. The molecule has 0 atom stereocenters. The van der Waals surface area contributed by atoms with Gasteiger partial charge in [-0.25, -0.2) is 4.39 Å². The summed E-state index contributed by atoms with van der Waals surface area (Å²) in [5, 5.41) is 2.77.